The van der Waals surface area contributed by atoms with Crippen LogP contribution in [0.2, 0.25) is 4.34 Å². The van der Waals surface area contributed by atoms with Crippen molar-refractivity contribution in [2.45, 2.75) is 6.92 Å². The molecule has 0 unspecified atom stereocenters. The van der Waals surface area contributed by atoms with E-state index in [1.54, 1.807) is 0 Å². The average Bonchev–Trinajstić information content (AvgIpc) is 2.71. The number of aryl methyl sites for hydroxylation is 1. The summed E-state index contributed by atoms with van der Waals surface area (Å²) in [7, 11) is 0. The Kier molecular flexibility index (Phi) is 2.67. The Morgan fingerprint density at radius 3 is 2.79 bits per heavy atom. The van der Waals surface area contributed by atoms with Crippen molar-refractivity contribution in [2.75, 3.05) is 0 Å². The summed E-state index contributed by atoms with van der Waals surface area (Å²) >= 11 is 8.66. The van der Waals surface area contributed by atoms with Crippen LogP contribution in [-0.2, 0) is 0 Å². The number of nitrogens with zero attached hydrogens (tertiary/aromatic N) is 1. The largest absolute Gasteiger partial charge is 0.297 e. The van der Waals surface area contributed by atoms with E-state index in [1.807, 2.05) is 19.1 Å². The molecular formula is C9H6ClNOS2. The van der Waals surface area contributed by atoms with E-state index in [0.717, 1.165) is 21.9 Å². The highest BCUT2D eigenvalue weighted by Gasteiger charge is 2.12. The third-order valence-electron chi connectivity index (χ3n) is 1.67. The van der Waals surface area contributed by atoms with Gasteiger partial charge in [-0.15, -0.1) is 22.7 Å². The standard InChI is InChI=1S/C9H6ClNOS2/c1-5-11-9(7(4-12)13-5)6-2-3-8(10)14-6/h2-4H,1H3. The molecule has 2 aromatic rings. The number of aromatic nitrogens is 1. The molecule has 0 atom stereocenters. The van der Waals surface area contributed by atoms with Crippen LogP contribution in [0.4, 0.5) is 0 Å². The van der Waals surface area contributed by atoms with Crippen LogP contribution in [0.15, 0.2) is 12.1 Å². The van der Waals surface area contributed by atoms with Crippen molar-refractivity contribution < 1.29 is 4.79 Å². The first kappa shape index (κ1) is 9.83. The van der Waals surface area contributed by atoms with Crippen LogP contribution in [0, 0.1) is 6.92 Å². The van der Waals surface area contributed by atoms with E-state index in [-0.39, 0.29) is 0 Å². The summed E-state index contributed by atoms with van der Waals surface area (Å²) in [5.41, 5.74) is 0.749. The SMILES string of the molecule is Cc1nc(-c2ccc(Cl)s2)c(C=O)s1. The number of hydrogen-bond donors (Lipinski definition) is 0. The lowest BCUT2D eigenvalue weighted by Crippen LogP contribution is -1.78. The van der Waals surface area contributed by atoms with Gasteiger partial charge >= 0.3 is 0 Å². The minimum absolute atomic E-state index is 0.668. The number of aldehydes is 1. The first-order valence-electron chi connectivity index (χ1n) is 3.89. The fraction of sp³-hybridized carbons (Fsp3) is 0.111. The number of thiazole rings is 1. The highest BCUT2D eigenvalue weighted by Crippen LogP contribution is 2.33. The second kappa shape index (κ2) is 3.81. The molecule has 2 aromatic heterocycles. The van der Waals surface area contributed by atoms with Gasteiger partial charge in [-0.1, -0.05) is 11.6 Å². The molecule has 0 aromatic carbocycles. The summed E-state index contributed by atoms with van der Waals surface area (Å²) in [5, 5.41) is 0.895. The summed E-state index contributed by atoms with van der Waals surface area (Å²) in [5.74, 6) is 0. The van der Waals surface area contributed by atoms with Gasteiger partial charge in [0.15, 0.2) is 6.29 Å². The first-order chi connectivity index (χ1) is 6.70. The third kappa shape index (κ3) is 1.73. The highest BCUT2D eigenvalue weighted by atomic mass is 35.5. The van der Waals surface area contributed by atoms with E-state index >= 15 is 0 Å². The van der Waals surface area contributed by atoms with Crippen molar-refractivity contribution in [1.82, 2.24) is 4.98 Å². The van der Waals surface area contributed by atoms with E-state index in [0.29, 0.717) is 9.21 Å². The van der Waals surface area contributed by atoms with Gasteiger partial charge in [0, 0.05) is 0 Å². The van der Waals surface area contributed by atoms with Gasteiger partial charge in [0.25, 0.3) is 0 Å². The van der Waals surface area contributed by atoms with Crippen molar-refractivity contribution >= 4 is 40.6 Å². The van der Waals surface area contributed by atoms with Crippen molar-refractivity contribution in [3.63, 3.8) is 0 Å². The van der Waals surface area contributed by atoms with Gasteiger partial charge in [-0.05, 0) is 19.1 Å². The lowest BCUT2D eigenvalue weighted by atomic mass is 10.3. The number of carbonyl (C=O) groups excluding carboxylic acids is 1. The molecule has 5 heteroatoms. The van der Waals surface area contributed by atoms with E-state index in [1.165, 1.54) is 22.7 Å². The minimum atomic E-state index is 0.668. The number of hydrogen-bond acceptors (Lipinski definition) is 4. The Balaban J connectivity index is 2.55. The molecule has 0 spiro atoms. The Hall–Kier alpha value is -0.710. The first-order valence-corrected chi connectivity index (χ1v) is 5.90. The molecule has 0 aliphatic heterocycles. The molecule has 0 saturated heterocycles. The van der Waals surface area contributed by atoms with Crippen molar-refractivity contribution in [3.05, 3.63) is 26.4 Å². The molecule has 0 aliphatic carbocycles. The lowest BCUT2D eigenvalue weighted by Gasteiger charge is -1.89. The number of thiophene rings is 1. The summed E-state index contributed by atoms with van der Waals surface area (Å²) in [6.45, 7) is 1.89. The maximum atomic E-state index is 10.8. The fourth-order valence-corrected chi connectivity index (χ4v) is 3.01. The Labute approximate surface area is 94.2 Å². The Morgan fingerprint density at radius 2 is 2.21 bits per heavy atom. The number of carbonyl (C=O) groups is 1. The Morgan fingerprint density at radius 1 is 1.43 bits per heavy atom. The van der Waals surface area contributed by atoms with E-state index < -0.39 is 0 Å². The van der Waals surface area contributed by atoms with Crippen LogP contribution in [0.3, 0.4) is 0 Å². The van der Waals surface area contributed by atoms with Crippen LogP contribution in [-0.4, -0.2) is 11.3 Å². The smallest absolute Gasteiger partial charge is 0.162 e. The van der Waals surface area contributed by atoms with E-state index in [2.05, 4.69) is 4.98 Å². The summed E-state index contributed by atoms with van der Waals surface area (Å²) in [6.07, 6.45) is 0.841. The molecule has 2 nitrogen and oxygen atoms in total. The van der Waals surface area contributed by atoms with E-state index in [4.69, 9.17) is 11.6 Å². The molecule has 14 heavy (non-hydrogen) atoms. The molecule has 0 saturated carbocycles. The van der Waals surface area contributed by atoms with Gasteiger partial charge in [-0.25, -0.2) is 4.98 Å². The van der Waals surface area contributed by atoms with Crippen molar-refractivity contribution in [3.8, 4) is 10.6 Å². The molecule has 0 fully saturated rings. The van der Waals surface area contributed by atoms with Gasteiger partial charge in [0.05, 0.1) is 19.1 Å². The molecule has 2 heterocycles. The van der Waals surface area contributed by atoms with Crippen LogP contribution in [0.1, 0.15) is 14.7 Å². The summed E-state index contributed by atoms with van der Waals surface area (Å²) < 4.78 is 0.711. The predicted molar refractivity (Wildman–Crippen MR) is 60.6 cm³/mol. The average molecular weight is 244 g/mol. The highest BCUT2D eigenvalue weighted by molar-refractivity contribution is 7.20. The maximum Gasteiger partial charge on any atom is 0.162 e. The normalized spacial score (nSPS) is 10.4. The van der Waals surface area contributed by atoms with Gasteiger partial charge in [0.1, 0.15) is 5.69 Å². The van der Waals surface area contributed by atoms with Crippen LogP contribution >= 0.6 is 34.3 Å². The van der Waals surface area contributed by atoms with Gasteiger partial charge < -0.3 is 0 Å². The topological polar surface area (TPSA) is 30.0 Å². The van der Waals surface area contributed by atoms with Crippen molar-refractivity contribution in [1.29, 1.82) is 0 Å². The second-order valence-corrected chi connectivity index (χ2v) is 5.62. The Bertz CT molecular complexity index is 475. The predicted octanol–water partition coefficient (Wildman–Crippen LogP) is 3.65. The molecule has 2 rings (SSSR count). The molecule has 0 amide bonds. The summed E-state index contributed by atoms with van der Waals surface area (Å²) in [4.78, 5) is 16.7. The van der Waals surface area contributed by atoms with Gasteiger partial charge in [-0.2, -0.15) is 0 Å². The molecule has 0 radical (unpaired) electrons. The van der Waals surface area contributed by atoms with Crippen LogP contribution < -0.4 is 0 Å². The molecule has 0 aliphatic rings. The zero-order valence-corrected chi connectivity index (χ0v) is 9.67. The van der Waals surface area contributed by atoms with Gasteiger partial charge in [0.2, 0.25) is 0 Å². The van der Waals surface area contributed by atoms with Crippen LogP contribution in [0.5, 0.6) is 0 Å². The molecule has 72 valence electrons. The molecule has 0 bridgehead atoms. The number of rotatable bonds is 2. The maximum absolute atomic E-state index is 10.8. The third-order valence-corrected chi connectivity index (χ3v) is 3.81. The fourth-order valence-electron chi connectivity index (χ4n) is 1.14. The minimum Gasteiger partial charge on any atom is -0.297 e. The second-order valence-electron chi connectivity index (χ2n) is 2.67. The zero-order chi connectivity index (χ0) is 10.1. The zero-order valence-electron chi connectivity index (χ0n) is 7.28. The summed E-state index contributed by atoms with van der Waals surface area (Å²) in [6, 6.07) is 3.69. The lowest BCUT2D eigenvalue weighted by molar-refractivity contribution is 0.112. The monoisotopic (exact) mass is 243 g/mol. The van der Waals surface area contributed by atoms with Gasteiger partial charge in [-0.3, -0.25) is 4.79 Å². The quantitative estimate of drug-likeness (QED) is 0.754. The van der Waals surface area contributed by atoms with Crippen molar-refractivity contribution in [2.24, 2.45) is 0 Å². The number of halogens is 1. The molecular weight excluding hydrogens is 238 g/mol. The van der Waals surface area contributed by atoms with Crippen LogP contribution in [0.25, 0.3) is 10.6 Å². The molecule has 0 N–H and O–H groups in total. The van der Waals surface area contributed by atoms with E-state index in [9.17, 15) is 4.79 Å².